The van der Waals surface area contributed by atoms with Crippen molar-refractivity contribution < 1.29 is 19.7 Å². The molecule has 0 bridgehead atoms. The van der Waals surface area contributed by atoms with Gasteiger partial charge in [-0.2, -0.15) is 0 Å². The highest BCUT2D eigenvalue weighted by Crippen LogP contribution is 2.05. The number of carboxylic acids is 1. The SMILES string of the molecule is CCCCCC(O)CC(=O)O.CCOCC. The average Bonchev–Trinajstić information content (AvgIpc) is 2.19. The molecule has 0 aromatic carbocycles. The molecule has 0 aromatic rings. The van der Waals surface area contributed by atoms with Crippen LogP contribution in [0.2, 0.25) is 0 Å². The first-order valence-corrected chi connectivity index (χ1v) is 6.05. The monoisotopic (exact) mass is 234 g/mol. The Kier molecular flexibility index (Phi) is 16.0. The van der Waals surface area contributed by atoms with Gasteiger partial charge in [-0.1, -0.05) is 26.2 Å². The van der Waals surface area contributed by atoms with Crippen LogP contribution in [0.5, 0.6) is 0 Å². The molecule has 0 saturated heterocycles. The van der Waals surface area contributed by atoms with Gasteiger partial charge in [0.15, 0.2) is 0 Å². The highest BCUT2D eigenvalue weighted by molar-refractivity contribution is 5.67. The molecule has 0 heterocycles. The van der Waals surface area contributed by atoms with Crippen molar-refractivity contribution in [3.63, 3.8) is 0 Å². The Hall–Kier alpha value is -0.610. The van der Waals surface area contributed by atoms with Crippen LogP contribution in [0.4, 0.5) is 0 Å². The lowest BCUT2D eigenvalue weighted by Crippen LogP contribution is -2.12. The molecule has 4 nitrogen and oxygen atoms in total. The minimum atomic E-state index is -0.922. The molecule has 0 amide bonds. The summed E-state index contributed by atoms with van der Waals surface area (Å²) in [6.45, 7) is 7.74. The Morgan fingerprint density at radius 2 is 1.75 bits per heavy atom. The number of carbonyl (C=O) groups is 1. The van der Waals surface area contributed by atoms with Gasteiger partial charge in [0, 0.05) is 13.2 Å². The second-order valence-corrected chi connectivity index (χ2v) is 3.53. The highest BCUT2D eigenvalue weighted by atomic mass is 16.5. The van der Waals surface area contributed by atoms with Gasteiger partial charge in [-0.25, -0.2) is 0 Å². The van der Waals surface area contributed by atoms with Crippen molar-refractivity contribution in [2.75, 3.05) is 13.2 Å². The summed E-state index contributed by atoms with van der Waals surface area (Å²) >= 11 is 0. The number of ether oxygens (including phenoxy) is 1. The maximum absolute atomic E-state index is 10.1. The summed E-state index contributed by atoms with van der Waals surface area (Å²) in [7, 11) is 0. The number of hydrogen-bond donors (Lipinski definition) is 2. The summed E-state index contributed by atoms with van der Waals surface area (Å²) in [5.74, 6) is -0.922. The summed E-state index contributed by atoms with van der Waals surface area (Å²) in [4.78, 5) is 10.1. The fourth-order valence-corrected chi connectivity index (χ4v) is 1.14. The standard InChI is InChI=1S/C8H16O3.C4H10O/c1-2-3-4-5-7(9)6-8(10)11;1-3-5-4-2/h7,9H,2-6H2,1H3,(H,10,11);3-4H2,1-2H3. The van der Waals surface area contributed by atoms with Gasteiger partial charge in [-0.15, -0.1) is 0 Å². The van der Waals surface area contributed by atoms with Crippen molar-refractivity contribution in [3.05, 3.63) is 0 Å². The molecule has 2 N–H and O–H groups in total. The molecule has 0 aliphatic rings. The molecule has 0 aliphatic heterocycles. The van der Waals surface area contributed by atoms with Crippen LogP contribution in [0.15, 0.2) is 0 Å². The first-order chi connectivity index (χ1) is 7.58. The van der Waals surface area contributed by atoms with Crippen molar-refractivity contribution in [3.8, 4) is 0 Å². The van der Waals surface area contributed by atoms with E-state index in [1.165, 1.54) is 0 Å². The van der Waals surface area contributed by atoms with Gasteiger partial charge in [0.2, 0.25) is 0 Å². The Bertz CT molecular complexity index is 146. The second kappa shape index (κ2) is 14.4. The fourth-order valence-electron chi connectivity index (χ4n) is 1.14. The van der Waals surface area contributed by atoms with Crippen LogP contribution in [0, 0.1) is 0 Å². The van der Waals surface area contributed by atoms with Gasteiger partial charge >= 0.3 is 5.97 Å². The summed E-state index contributed by atoms with van der Waals surface area (Å²) in [5, 5.41) is 17.3. The largest absolute Gasteiger partial charge is 0.481 e. The number of carboxylic acid groups (broad SMARTS) is 1. The first-order valence-electron chi connectivity index (χ1n) is 6.05. The molecule has 0 aliphatic carbocycles. The van der Waals surface area contributed by atoms with Crippen molar-refractivity contribution in [2.45, 2.75) is 59.0 Å². The highest BCUT2D eigenvalue weighted by Gasteiger charge is 2.07. The molecule has 0 saturated carbocycles. The van der Waals surface area contributed by atoms with Crippen LogP contribution in [-0.4, -0.2) is 35.5 Å². The third-order valence-electron chi connectivity index (χ3n) is 1.96. The van der Waals surface area contributed by atoms with E-state index in [1.807, 2.05) is 13.8 Å². The van der Waals surface area contributed by atoms with Crippen LogP contribution in [0.25, 0.3) is 0 Å². The number of hydrogen-bond acceptors (Lipinski definition) is 3. The summed E-state index contributed by atoms with van der Waals surface area (Å²) in [6.07, 6.45) is 2.92. The van der Waals surface area contributed by atoms with Crippen LogP contribution >= 0.6 is 0 Å². The molecule has 0 rings (SSSR count). The van der Waals surface area contributed by atoms with Crippen molar-refractivity contribution in [1.82, 2.24) is 0 Å². The van der Waals surface area contributed by atoms with Gasteiger partial charge in [0.25, 0.3) is 0 Å². The van der Waals surface area contributed by atoms with E-state index in [0.717, 1.165) is 32.5 Å². The third kappa shape index (κ3) is 19.0. The van der Waals surface area contributed by atoms with Crippen LogP contribution in [-0.2, 0) is 9.53 Å². The van der Waals surface area contributed by atoms with E-state index < -0.39 is 12.1 Å². The number of aliphatic hydroxyl groups excluding tert-OH is 1. The van der Waals surface area contributed by atoms with Crippen LogP contribution in [0.3, 0.4) is 0 Å². The average molecular weight is 234 g/mol. The smallest absolute Gasteiger partial charge is 0.305 e. The lowest BCUT2D eigenvalue weighted by atomic mass is 10.1. The zero-order valence-electron chi connectivity index (χ0n) is 10.7. The van der Waals surface area contributed by atoms with E-state index in [0.29, 0.717) is 6.42 Å². The number of rotatable bonds is 8. The minimum absolute atomic E-state index is 0.121. The topological polar surface area (TPSA) is 66.8 Å². The van der Waals surface area contributed by atoms with E-state index in [2.05, 4.69) is 6.92 Å². The molecule has 0 fully saturated rings. The lowest BCUT2D eigenvalue weighted by Gasteiger charge is -2.05. The van der Waals surface area contributed by atoms with E-state index in [1.54, 1.807) is 0 Å². The quantitative estimate of drug-likeness (QED) is 0.633. The maximum Gasteiger partial charge on any atom is 0.305 e. The molecular weight excluding hydrogens is 208 g/mol. The molecule has 0 radical (unpaired) electrons. The van der Waals surface area contributed by atoms with Gasteiger partial charge < -0.3 is 14.9 Å². The van der Waals surface area contributed by atoms with Gasteiger partial charge in [-0.3, -0.25) is 4.79 Å². The Labute approximate surface area is 98.6 Å². The molecule has 98 valence electrons. The van der Waals surface area contributed by atoms with Crippen molar-refractivity contribution in [1.29, 1.82) is 0 Å². The van der Waals surface area contributed by atoms with E-state index in [-0.39, 0.29) is 6.42 Å². The predicted octanol–water partition coefficient (Wildman–Crippen LogP) is 2.45. The molecule has 0 aromatic heterocycles. The number of aliphatic hydroxyl groups is 1. The number of unbranched alkanes of at least 4 members (excludes halogenated alkanes) is 2. The Balaban J connectivity index is 0. The summed E-state index contributed by atoms with van der Waals surface area (Å²) < 4.78 is 4.83. The van der Waals surface area contributed by atoms with Crippen LogP contribution < -0.4 is 0 Å². The number of aliphatic carboxylic acids is 1. The van der Waals surface area contributed by atoms with E-state index in [9.17, 15) is 4.79 Å². The molecule has 4 heteroatoms. The van der Waals surface area contributed by atoms with E-state index in [4.69, 9.17) is 14.9 Å². The Morgan fingerprint density at radius 1 is 1.19 bits per heavy atom. The summed E-state index contributed by atoms with van der Waals surface area (Å²) in [6, 6.07) is 0. The van der Waals surface area contributed by atoms with Crippen molar-refractivity contribution in [2.24, 2.45) is 0 Å². The molecule has 1 unspecified atom stereocenters. The third-order valence-corrected chi connectivity index (χ3v) is 1.96. The maximum atomic E-state index is 10.1. The molecular formula is C12H26O4. The zero-order chi connectivity index (χ0) is 12.8. The lowest BCUT2D eigenvalue weighted by molar-refractivity contribution is -0.139. The molecule has 16 heavy (non-hydrogen) atoms. The predicted molar refractivity (Wildman–Crippen MR) is 64.6 cm³/mol. The first kappa shape index (κ1) is 17.8. The van der Waals surface area contributed by atoms with Crippen molar-refractivity contribution >= 4 is 5.97 Å². The zero-order valence-corrected chi connectivity index (χ0v) is 10.7. The summed E-state index contributed by atoms with van der Waals surface area (Å²) in [5.41, 5.74) is 0. The van der Waals surface area contributed by atoms with E-state index >= 15 is 0 Å². The normalized spacial score (nSPS) is 11.5. The van der Waals surface area contributed by atoms with Crippen LogP contribution in [0.1, 0.15) is 52.9 Å². The molecule has 1 atom stereocenters. The van der Waals surface area contributed by atoms with Gasteiger partial charge in [0.1, 0.15) is 0 Å². The molecule has 0 spiro atoms. The van der Waals surface area contributed by atoms with Gasteiger partial charge in [0.05, 0.1) is 12.5 Å². The minimum Gasteiger partial charge on any atom is -0.481 e. The second-order valence-electron chi connectivity index (χ2n) is 3.53. The Morgan fingerprint density at radius 3 is 2.06 bits per heavy atom. The fraction of sp³-hybridized carbons (Fsp3) is 0.917. The van der Waals surface area contributed by atoms with Gasteiger partial charge in [-0.05, 0) is 20.3 Å².